The first-order valence-corrected chi connectivity index (χ1v) is 10.8. The van der Waals surface area contributed by atoms with Gasteiger partial charge < -0.3 is 15.2 Å². The Kier molecular flexibility index (Phi) is 5.85. The molecule has 13 heteroatoms. The number of thiazole rings is 1. The Balaban J connectivity index is 1.61. The minimum absolute atomic E-state index is 0.153. The third-order valence-electron chi connectivity index (χ3n) is 5.37. The number of fused-ring (bicyclic) bond motifs is 1. The van der Waals surface area contributed by atoms with Gasteiger partial charge in [-0.2, -0.15) is 22.0 Å². The van der Waals surface area contributed by atoms with Gasteiger partial charge in [-0.3, -0.25) is 9.59 Å². The highest BCUT2D eigenvalue weighted by molar-refractivity contribution is 7.21. The number of aromatic amines is 1. The van der Waals surface area contributed by atoms with Crippen LogP contribution in [0.3, 0.4) is 0 Å². The summed E-state index contributed by atoms with van der Waals surface area (Å²) in [6.45, 7) is 2.23. The van der Waals surface area contributed by atoms with Gasteiger partial charge in [-0.1, -0.05) is 41.7 Å². The quantitative estimate of drug-likeness (QED) is 0.533. The highest BCUT2D eigenvalue weighted by atomic mass is 32.1. The maximum atomic E-state index is 13.7. The number of hydrogen-bond donors (Lipinski definition) is 2. The topological polar surface area (TPSA) is 91.0 Å². The predicted octanol–water partition coefficient (Wildman–Crippen LogP) is 3.88. The van der Waals surface area contributed by atoms with Crippen LogP contribution in [0.4, 0.5) is 27.1 Å². The molecular weight excluding hydrogens is 469 g/mol. The fourth-order valence-corrected chi connectivity index (χ4v) is 4.65. The van der Waals surface area contributed by atoms with Crippen LogP contribution in [0.25, 0.3) is 10.3 Å². The number of anilines is 1. The summed E-state index contributed by atoms with van der Waals surface area (Å²) in [5, 5.41) is 3.07. The molecule has 0 bridgehead atoms. The van der Waals surface area contributed by atoms with E-state index in [1.165, 1.54) is 4.98 Å². The van der Waals surface area contributed by atoms with Gasteiger partial charge in [-0.15, -0.1) is 0 Å². The van der Waals surface area contributed by atoms with Gasteiger partial charge in [0.05, 0.1) is 6.04 Å². The summed E-state index contributed by atoms with van der Waals surface area (Å²) in [6.07, 6.45) is -4.79. The molecule has 0 unspecified atom stereocenters. The highest BCUT2D eigenvalue weighted by Gasteiger charge is 2.61. The number of alkyl halides is 5. The van der Waals surface area contributed by atoms with Crippen LogP contribution in [0.2, 0.25) is 0 Å². The SMILES string of the molecule is C[C@@H](NC(=O)[C@H]1CCCN1c1nc2c(=O)[nH]c(C(F)(F)C(F)(F)F)nc2s1)c1ccccc1. The van der Waals surface area contributed by atoms with Crippen molar-refractivity contribution in [2.45, 2.75) is 43.9 Å². The minimum Gasteiger partial charge on any atom is -0.348 e. The molecule has 1 aromatic carbocycles. The first kappa shape index (κ1) is 23.1. The molecular formula is C20H18F5N5O2S. The van der Waals surface area contributed by atoms with E-state index in [1.807, 2.05) is 37.3 Å². The van der Waals surface area contributed by atoms with Gasteiger partial charge in [0, 0.05) is 6.54 Å². The Bertz CT molecular complexity index is 1230. The number of aromatic nitrogens is 3. The fraction of sp³-hybridized carbons (Fsp3) is 0.400. The van der Waals surface area contributed by atoms with Crippen molar-refractivity contribution in [1.82, 2.24) is 20.3 Å². The standard InChI is InChI=1S/C20H18F5N5O2S/c1-10(11-6-3-2-4-7-11)26-14(31)12-8-5-9-30(12)18-27-13-15(32)28-17(29-16(13)33-18)19(21,22)20(23,24)25/h2-4,6-7,10,12H,5,8-9H2,1H3,(H,26,31)(H,28,29,32)/t10-,12-/m1/s1. The van der Waals surface area contributed by atoms with Crippen LogP contribution in [0, 0.1) is 0 Å². The van der Waals surface area contributed by atoms with E-state index in [9.17, 15) is 31.5 Å². The zero-order valence-electron chi connectivity index (χ0n) is 17.1. The number of nitrogens with one attached hydrogen (secondary N) is 2. The maximum Gasteiger partial charge on any atom is 0.461 e. The minimum atomic E-state index is -5.92. The van der Waals surface area contributed by atoms with Crippen molar-refractivity contribution in [3.63, 3.8) is 0 Å². The summed E-state index contributed by atoms with van der Waals surface area (Å²) in [6, 6.07) is 8.40. The van der Waals surface area contributed by atoms with Crippen LogP contribution in [0.15, 0.2) is 35.1 Å². The van der Waals surface area contributed by atoms with Crippen molar-refractivity contribution in [2.75, 3.05) is 11.4 Å². The third-order valence-corrected chi connectivity index (χ3v) is 6.36. The molecule has 1 saturated heterocycles. The Morgan fingerprint density at radius 3 is 2.58 bits per heavy atom. The second-order valence-corrected chi connectivity index (χ2v) is 8.59. The number of hydrogen-bond acceptors (Lipinski definition) is 6. The highest BCUT2D eigenvalue weighted by Crippen LogP contribution is 2.42. The number of H-pyrrole nitrogens is 1. The Labute approximate surface area is 187 Å². The van der Waals surface area contributed by atoms with Crippen LogP contribution in [0.1, 0.15) is 37.2 Å². The van der Waals surface area contributed by atoms with Gasteiger partial charge in [-0.25, -0.2) is 9.97 Å². The molecule has 2 N–H and O–H groups in total. The molecule has 2 aromatic heterocycles. The molecule has 0 saturated carbocycles. The van der Waals surface area contributed by atoms with Gasteiger partial charge in [0.1, 0.15) is 6.04 Å². The van der Waals surface area contributed by atoms with Crippen molar-refractivity contribution >= 4 is 32.7 Å². The third kappa shape index (κ3) is 4.28. The van der Waals surface area contributed by atoms with E-state index < -0.39 is 29.5 Å². The number of benzene rings is 1. The Morgan fingerprint density at radius 2 is 1.91 bits per heavy atom. The van der Waals surface area contributed by atoms with Crippen molar-refractivity contribution in [2.24, 2.45) is 0 Å². The predicted molar refractivity (Wildman–Crippen MR) is 111 cm³/mol. The van der Waals surface area contributed by atoms with E-state index in [2.05, 4.69) is 15.3 Å². The number of rotatable bonds is 5. The first-order valence-electron chi connectivity index (χ1n) is 9.97. The van der Waals surface area contributed by atoms with Gasteiger partial charge >= 0.3 is 12.1 Å². The van der Waals surface area contributed by atoms with Crippen LogP contribution in [0.5, 0.6) is 0 Å². The molecule has 1 fully saturated rings. The summed E-state index contributed by atoms with van der Waals surface area (Å²) in [4.78, 5) is 35.2. The lowest BCUT2D eigenvalue weighted by Crippen LogP contribution is -2.44. The Morgan fingerprint density at radius 1 is 1.21 bits per heavy atom. The zero-order valence-corrected chi connectivity index (χ0v) is 17.9. The van der Waals surface area contributed by atoms with E-state index in [0.717, 1.165) is 5.56 Å². The monoisotopic (exact) mass is 487 g/mol. The van der Waals surface area contributed by atoms with Crippen LogP contribution >= 0.6 is 11.3 Å². The van der Waals surface area contributed by atoms with Crippen molar-refractivity contribution < 1.29 is 26.7 Å². The molecule has 2 atom stereocenters. The lowest BCUT2D eigenvalue weighted by atomic mass is 10.1. The number of halogens is 5. The molecule has 1 aliphatic heterocycles. The molecule has 0 radical (unpaired) electrons. The summed E-state index contributed by atoms with van der Waals surface area (Å²) in [7, 11) is 0. The number of amides is 1. The van der Waals surface area contributed by atoms with Crippen molar-refractivity contribution in [3.05, 3.63) is 52.1 Å². The molecule has 4 rings (SSSR count). The fourth-order valence-electron chi connectivity index (χ4n) is 3.63. The average molecular weight is 487 g/mol. The molecule has 1 aliphatic rings. The van der Waals surface area contributed by atoms with Crippen LogP contribution in [-0.4, -0.2) is 39.6 Å². The molecule has 33 heavy (non-hydrogen) atoms. The maximum absolute atomic E-state index is 13.7. The smallest absolute Gasteiger partial charge is 0.348 e. The van der Waals surface area contributed by atoms with Gasteiger partial charge in [0.15, 0.2) is 21.3 Å². The van der Waals surface area contributed by atoms with Gasteiger partial charge in [-0.05, 0) is 25.3 Å². The van der Waals surface area contributed by atoms with Gasteiger partial charge in [0.2, 0.25) is 5.91 Å². The largest absolute Gasteiger partial charge is 0.461 e. The first-order chi connectivity index (χ1) is 15.5. The van der Waals surface area contributed by atoms with E-state index >= 15 is 0 Å². The molecule has 3 aromatic rings. The number of carbonyl (C=O) groups excluding carboxylic acids is 1. The molecule has 0 spiro atoms. The van der Waals surface area contributed by atoms with E-state index in [4.69, 9.17) is 0 Å². The zero-order chi connectivity index (χ0) is 24.0. The van der Waals surface area contributed by atoms with E-state index in [0.29, 0.717) is 30.7 Å². The number of carbonyl (C=O) groups is 1. The normalized spacial score (nSPS) is 18.0. The van der Waals surface area contributed by atoms with Crippen molar-refractivity contribution in [3.8, 4) is 0 Å². The average Bonchev–Trinajstić information content (AvgIpc) is 3.40. The molecule has 7 nitrogen and oxygen atoms in total. The lowest BCUT2D eigenvalue weighted by molar-refractivity contribution is -0.292. The molecule has 0 aliphatic carbocycles. The molecule has 1 amide bonds. The lowest BCUT2D eigenvalue weighted by Gasteiger charge is -2.25. The van der Waals surface area contributed by atoms with Gasteiger partial charge in [0.25, 0.3) is 5.56 Å². The summed E-state index contributed by atoms with van der Waals surface area (Å²) < 4.78 is 65.4. The van der Waals surface area contributed by atoms with Crippen LogP contribution in [-0.2, 0) is 10.7 Å². The number of nitrogens with zero attached hydrogens (tertiary/aromatic N) is 3. The second-order valence-electron chi connectivity index (χ2n) is 7.63. The van der Waals surface area contributed by atoms with Crippen molar-refractivity contribution in [1.29, 1.82) is 0 Å². The summed E-state index contributed by atoms with van der Waals surface area (Å²) in [5.41, 5.74) is -0.663. The molecule has 176 valence electrons. The molecule has 3 heterocycles. The Hall–Kier alpha value is -3.09. The summed E-state index contributed by atoms with van der Waals surface area (Å²) >= 11 is 0.689. The van der Waals surface area contributed by atoms with E-state index in [1.54, 1.807) is 4.90 Å². The van der Waals surface area contributed by atoms with E-state index in [-0.39, 0.29) is 27.4 Å². The summed E-state index contributed by atoms with van der Waals surface area (Å²) in [5.74, 6) is -7.40. The second kappa shape index (κ2) is 8.36. The van der Waals surface area contributed by atoms with Crippen LogP contribution < -0.4 is 15.8 Å².